The molecular formula is C31H34Cl3N3O4S. The SMILES string of the molecule is Cc1c(Cl)cccc1N(CC(=O)N(Cc1ccc(Cl)cc1Cl)[C@@H](Cc1ccccc1)C(=O)NC1CCCC1)S(C)(=O)=O. The van der Waals surface area contributed by atoms with E-state index in [0.717, 1.165) is 41.8 Å². The number of hydrogen-bond donors (Lipinski definition) is 1. The van der Waals surface area contributed by atoms with Crippen LogP contribution in [-0.4, -0.2) is 50.0 Å². The van der Waals surface area contributed by atoms with Crippen molar-refractivity contribution in [2.75, 3.05) is 17.1 Å². The molecule has 0 aliphatic heterocycles. The van der Waals surface area contributed by atoms with E-state index in [9.17, 15) is 18.0 Å². The smallest absolute Gasteiger partial charge is 0.244 e. The van der Waals surface area contributed by atoms with Crippen molar-refractivity contribution in [2.45, 2.75) is 57.7 Å². The number of nitrogens with one attached hydrogen (secondary N) is 1. The fourth-order valence-electron chi connectivity index (χ4n) is 5.22. The minimum absolute atomic E-state index is 0.0217. The van der Waals surface area contributed by atoms with Gasteiger partial charge in [-0.2, -0.15) is 0 Å². The first-order valence-electron chi connectivity index (χ1n) is 13.7. The van der Waals surface area contributed by atoms with Crippen LogP contribution in [0.2, 0.25) is 15.1 Å². The summed E-state index contributed by atoms with van der Waals surface area (Å²) in [6.45, 7) is 1.13. The van der Waals surface area contributed by atoms with E-state index < -0.39 is 28.5 Å². The second-order valence-corrected chi connectivity index (χ2v) is 13.8. The Balaban J connectivity index is 1.77. The first-order chi connectivity index (χ1) is 19.9. The number of sulfonamides is 1. The van der Waals surface area contributed by atoms with Gasteiger partial charge in [-0.05, 0) is 60.7 Å². The molecule has 7 nitrogen and oxygen atoms in total. The van der Waals surface area contributed by atoms with Crippen LogP contribution in [0.1, 0.15) is 42.4 Å². The Hall–Kier alpha value is -2.78. The lowest BCUT2D eigenvalue weighted by Gasteiger charge is -2.34. The van der Waals surface area contributed by atoms with E-state index in [-0.39, 0.29) is 30.6 Å². The second-order valence-electron chi connectivity index (χ2n) is 10.6. The van der Waals surface area contributed by atoms with Gasteiger partial charge in [0, 0.05) is 34.1 Å². The van der Waals surface area contributed by atoms with Crippen LogP contribution in [0, 0.1) is 6.92 Å². The molecule has 0 bridgehead atoms. The predicted octanol–water partition coefficient (Wildman–Crippen LogP) is 6.42. The maximum absolute atomic E-state index is 14.3. The lowest BCUT2D eigenvalue weighted by Crippen LogP contribution is -2.54. The molecule has 0 heterocycles. The van der Waals surface area contributed by atoms with Crippen LogP contribution >= 0.6 is 34.8 Å². The third-order valence-electron chi connectivity index (χ3n) is 7.52. The normalized spacial score (nSPS) is 14.4. The number of carbonyl (C=O) groups is 2. The molecule has 0 radical (unpaired) electrons. The maximum atomic E-state index is 14.3. The van der Waals surface area contributed by atoms with Crippen molar-refractivity contribution in [3.05, 3.63) is 98.5 Å². The first kappa shape index (κ1) is 32.1. The molecule has 0 saturated heterocycles. The number of halogens is 3. The van der Waals surface area contributed by atoms with Gasteiger partial charge >= 0.3 is 0 Å². The zero-order chi connectivity index (χ0) is 30.4. The monoisotopic (exact) mass is 649 g/mol. The molecule has 1 fully saturated rings. The minimum atomic E-state index is -3.91. The van der Waals surface area contributed by atoms with Crippen LogP contribution in [-0.2, 0) is 32.6 Å². The van der Waals surface area contributed by atoms with Gasteiger partial charge in [0.15, 0.2) is 0 Å². The first-order valence-corrected chi connectivity index (χ1v) is 16.7. The summed E-state index contributed by atoms with van der Waals surface area (Å²) in [6.07, 6.45) is 5.06. The van der Waals surface area contributed by atoms with Crippen molar-refractivity contribution < 1.29 is 18.0 Å². The highest BCUT2D eigenvalue weighted by Crippen LogP contribution is 2.29. The second kappa shape index (κ2) is 14.1. The molecule has 11 heteroatoms. The molecule has 0 spiro atoms. The lowest BCUT2D eigenvalue weighted by atomic mass is 10.0. The van der Waals surface area contributed by atoms with E-state index in [2.05, 4.69) is 5.32 Å². The van der Waals surface area contributed by atoms with E-state index in [0.29, 0.717) is 26.2 Å². The van der Waals surface area contributed by atoms with Crippen LogP contribution in [0.15, 0.2) is 66.7 Å². The number of hydrogen-bond acceptors (Lipinski definition) is 4. The van der Waals surface area contributed by atoms with Gasteiger partial charge in [-0.15, -0.1) is 0 Å². The summed E-state index contributed by atoms with van der Waals surface area (Å²) in [7, 11) is -3.91. The van der Waals surface area contributed by atoms with Crippen molar-refractivity contribution in [1.29, 1.82) is 0 Å². The molecule has 224 valence electrons. The summed E-state index contributed by atoms with van der Waals surface area (Å²) in [4.78, 5) is 29.6. The summed E-state index contributed by atoms with van der Waals surface area (Å²) in [5, 5.41) is 4.28. The summed E-state index contributed by atoms with van der Waals surface area (Å²) < 4.78 is 27.1. The molecule has 1 aliphatic rings. The van der Waals surface area contributed by atoms with Crippen LogP contribution in [0.25, 0.3) is 0 Å². The topological polar surface area (TPSA) is 86.8 Å². The highest BCUT2D eigenvalue weighted by Gasteiger charge is 2.35. The lowest BCUT2D eigenvalue weighted by molar-refractivity contribution is -0.140. The molecule has 4 rings (SSSR count). The molecule has 2 amide bonds. The zero-order valence-electron chi connectivity index (χ0n) is 23.5. The standard InChI is InChI=1S/C31H34Cl3N3O4S/c1-21-26(33)13-8-14-28(21)37(42(2,40)41)20-30(38)36(19-23-15-16-24(32)18-27(23)34)29(17-22-9-4-3-5-10-22)31(39)35-25-11-6-7-12-25/h3-5,8-10,13-16,18,25,29H,6-7,11-12,17,19-20H2,1-2H3,(H,35,39)/t29-/m0/s1. The number of benzene rings is 3. The zero-order valence-corrected chi connectivity index (χ0v) is 26.6. The molecule has 1 aliphatic carbocycles. The van der Waals surface area contributed by atoms with Crippen molar-refractivity contribution >= 4 is 62.3 Å². The minimum Gasteiger partial charge on any atom is -0.352 e. The van der Waals surface area contributed by atoms with Gasteiger partial charge in [-0.3, -0.25) is 13.9 Å². The van der Waals surface area contributed by atoms with E-state index in [1.54, 1.807) is 43.3 Å². The summed E-state index contributed by atoms with van der Waals surface area (Å²) in [5.41, 5.74) is 2.24. The molecule has 3 aromatic rings. The Morgan fingerprint density at radius 3 is 2.29 bits per heavy atom. The Kier molecular flexibility index (Phi) is 10.8. The average Bonchev–Trinajstić information content (AvgIpc) is 3.45. The summed E-state index contributed by atoms with van der Waals surface area (Å²) in [5.74, 6) is -0.859. The Labute approximate surface area is 262 Å². The van der Waals surface area contributed by atoms with Gasteiger partial charge in [0.05, 0.1) is 11.9 Å². The number of nitrogens with zero attached hydrogens (tertiary/aromatic N) is 2. The fraction of sp³-hybridized carbons (Fsp3) is 0.355. The summed E-state index contributed by atoms with van der Waals surface area (Å²) in [6, 6.07) is 18.3. The van der Waals surface area contributed by atoms with Crippen molar-refractivity contribution in [3.8, 4) is 0 Å². The van der Waals surface area contributed by atoms with Crippen LogP contribution < -0.4 is 9.62 Å². The van der Waals surface area contributed by atoms with Crippen molar-refractivity contribution in [1.82, 2.24) is 10.2 Å². The number of amides is 2. The number of carbonyl (C=O) groups excluding carboxylic acids is 2. The van der Waals surface area contributed by atoms with Gasteiger partial charge in [-0.1, -0.05) is 90.1 Å². The van der Waals surface area contributed by atoms with Crippen molar-refractivity contribution in [3.63, 3.8) is 0 Å². The van der Waals surface area contributed by atoms with Gasteiger partial charge < -0.3 is 10.2 Å². The van der Waals surface area contributed by atoms with E-state index in [1.165, 1.54) is 4.90 Å². The Bertz CT molecular complexity index is 1530. The maximum Gasteiger partial charge on any atom is 0.244 e. The van der Waals surface area contributed by atoms with E-state index in [4.69, 9.17) is 34.8 Å². The molecular weight excluding hydrogens is 617 g/mol. The Morgan fingerprint density at radius 2 is 1.64 bits per heavy atom. The fourth-order valence-corrected chi connectivity index (χ4v) is 6.75. The van der Waals surface area contributed by atoms with Gasteiger partial charge in [0.25, 0.3) is 0 Å². The average molecular weight is 651 g/mol. The van der Waals surface area contributed by atoms with Gasteiger partial charge in [-0.25, -0.2) is 8.42 Å². The van der Waals surface area contributed by atoms with Crippen LogP contribution in [0.3, 0.4) is 0 Å². The van der Waals surface area contributed by atoms with E-state index >= 15 is 0 Å². The Morgan fingerprint density at radius 1 is 0.952 bits per heavy atom. The quantitative estimate of drug-likeness (QED) is 0.260. The van der Waals surface area contributed by atoms with Gasteiger partial charge in [0.2, 0.25) is 21.8 Å². The van der Waals surface area contributed by atoms with Crippen LogP contribution in [0.4, 0.5) is 5.69 Å². The third kappa shape index (κ3) is 8.19. The number of rotatable bonds is 11. The predicted molar refractivity (Wildman–Crippen MR) is 170 cm³/mol. The molecule has 1 saturated carbocycles. The molecule has 0 unspecified atom stereocenters. The van der Waals surface area contributed by atoms with Gasteiger partial charge in [0.1, 0.15) is 12.6 Å². The number of anilines is 1. The molecule has 42 heavy (non-hydrogen) atoms. The van der Waals surface area contributed by atoms with E-state index in [1.807, 2.05) is 30.3 Å². The highest BCUT2D eigenvalue weighted by molar-refractivity contribution is 7.92. The molecule has 0 aromatic heterocycles. The summed E-state index contributed by atoms with van der Waals surface area (Å²) >= 11 is 19.0. The highest BCUT2D eigenvalue weighted by atomic mass is 35.5. The largest absolute Gasteiger partial charge is 0.352 e. The molecule has 1 atom stereocenters. The van der Waals surface area contributed by atoms with Crippen LogP contribution in [0.5, 0.6) is 0 Å². The molecule has 3 aromatic carbocycles. The third-order valence-corrected chi connectivity index (χ3v) is 9.64. The van der Waals surface area contributed by atoms with Crippen molar-refractivity contribution in [2.24, 2.45) is 0 Å². The molecule has 1 N–H and O–H groups in total.